The molecule has 6 nitrogen and oxygen atoms in total. The van der Waals surface area contributed by atoms with E-state index in [2.05, 4.69) is 10.3 Å². The molecule has 18 heavy (non-hydrogen) atoms. The standard InChI is InChI=1S/C12H20N4O2/c1-2-11(16-8-7-14-9-16)15-12(18)6-4-3-5-10(13)17/h7-9,11H,2-6H2,1H3,(H2,13,17)(H,15,18). The summed E-state index contributed by atoms with van der Waals surface area (Å²) in [6, 6.07) is 0. The van der Waals surface area contributed by atoms with Crippen LogP contribution in [0.3, 0.4) is 0 Å². The van der Waals surface area contributed by atoms with Crippen molar-refractivity contribution in [2.75, 3.05) is 0 Å². The third kappa shape index (κ3) is 4.99. The average Bonchev–Trinajstić information content (AvgIpc) is 2.85. The lowest BCUT2D eigenvalue weighted by Gasteiger charge is -2.18. The highest BCUT2D eigenvalue weighted by Crippen LogP contribution is 2.07. The first kappa shape index (κ1) is 14.2. The SMILES string of the molecule is CCC(NC(=O)CCCCC(N)=O)n1ccnc1. The van der Waals surface area contributed by atoms with E-state index in [1.807, 2.05) is 17.7 Å². The van der Waals surface area contributed by atoms with Gasteiger partial charge in [0.1, 0.15) is 6.17 Å². The molecular formula is C12H20N4O2. The van der Waals surface area contributed by atoms with Gasteiger partial charge in [0.25, 0.3) is 0 Å². The Balaban J connectivity index is 2.28. The lowest BCUT2D eigenvalue weighted by molar-refractivity contribution is -0.123. The van der Waals surface area contributed by atoms with Crippen LogP contribution in [0.15, 0.2) is 18.7 Å². The van der Waals surface area contributed by atoms with Crippen LogP contribution >= 0.6 is 0 Å². The predicted octanol–water partition coefficient (Wildman–Crippen LogP) is 0.954. The number of carbonyl (C=O) groups is 2. The zero-order valence-electron chi connectivity index (χ0n) is 10.6. The first-order chi connectivity index (χ1) is 8.63. The van der Waals surface area contributed by atoms with Crippen molar-refractivity contribution < 1.29 is 9.59 Å². The van der Waals surface area contributed by atoms with Crippen molar-refractivity contribution in [3.63, 3.8) is 0 Å². The van der Waals surface area contributed by atoms with Gasteiger partial charge in [-0.25, -0.2) is 4.98 Å². The third-order valence-corrected chi connectivity index (χ3v) is 2.68. The Bertz CT molecular complexity index is 375. The molecule has 0 spiro atoms. The molecule has 6 heteroatoms. The van der Waals surface area contributed by atoms with Crippen molar-refractivity contribution in [1.82, 2.24) is 14.9 Å². The highest BCUT2D eigenvalue weighted by atomic mass is 16.2. The van der Waals surface area contributed by atoms with Gasteiger partial charge in [-0.2, -0.15) is 0 Å². The van der Waals surface area contributed by atoms with E-state index in [1.165, 1.54) is 0 Å². The second-order valence-corrected chi connectivity index (χ2v) is 4.17. The number of nitrogens with one attached hydrogen (secondary N) is 1. The molecule has 1 rings (SSSR count). The maximum atomic E-state index is 11.7. The van der Waals surface area contributed by atoms with Crippen molar-refractivity contribution >= 4 is 11.8 Å². The molecule has 1 aromatic heterocycles. The number of nitrogens with two attached hydrogens (primary N) is 1. The van der Waals surface area contributed by atoms with Crippen LogP contribution in [0, 0.1) is 0 Å². The smallest absolute Gasteiger partial charge is 0.221 e. The number of unbranched alkanes of at least 4 members (excludes halogenated alkanes) is 1. The van der Waals surface area contributed by atoms with Gasteiger partial charge in [-0.1, -0.05) is 6.92 Å². The Morgan fingerprint density at radius 3 is 2.67 bits per heavy atom. The van der Waals surface area contributed by atoms with Crippen LogP contribution < -0.4 is 11.1 Å². The van der Waals surface area contributed by atoms with E-state index in [-0.39, 0.29) is 18.0 Å². The molecular weight excluding hydrogens is 232 g/mol. The molecule has 1 heterocycles. The molecule has 1 unspecified atom stereocenters. The Morgan fingerprint density at radius 1 is 1.39 bits per heavy atom. The van der Waals surface area contributed by atoms with Crippen LogP contribution in [-0.4, -0.2) is 21.4 Å². The molecule has 2 amide bonds. The Hall–Kier alpha value is -1.85. The van der Waals surface area contributed by atoms with E-state index >= 15 is 0 Å². The molecule has 3 N–H and O–H groups in total. The van der Waals surface area contributed by atoms with Crippen molar-refractivity contribution in [1.29, 1.82) is 0 Å². The summed E-state index contributed by atoms with van der Waals surface area (Å²) in [5.74, 6) is -0.333. The monoisotopic (exact) mass is 252 g/mol. The minimum Gasteiger partial charge on any atom is -0.370 e. The summed E-state index contributed by atoms with van der Waals surface area (Å²) >= 11 is 0. The Kier molecular flexibility index (Phi) is 5.90. The zero-order valence-corrected chi connectivity index (χ0v) is 10.6. The Labute approximate surface area is 107 Å². The highest BCUT2D eigenvalue weighted by Gasteiger charge is 2.11. The fraction of sp³-hybridized carbons (Fsp3) is 0.583. The molecule has 0 saturated heterocycles. The second kappa shape index (κ2) is 7.47. The first-order valence-corrected chi connectivity index (χ1v) is 6.18. The van der Waals surface area contributed by atoms with Gasteiger partial charge in [0.15, 0.2) is 0 Å². The summed E-state index contributed by atoms with van der Waals surface area (Å²) < 4.78 is 1.86. The molecule has 1 atom stereocenters. The summed E-state index contributed by atoms with van der Waals surface area (Å²) in [7, 11) is 0. The minimum atomic E-state index is -0.319. The molecule has 0 aliphatic carbocycles. The fourth-order valence-electron chi connectivity index (χ4n) is 1.68. The maximum Gasteiger partial charge on any atom is 0.221 e. The molecule has 0 aliphatic heterocycles. The van der Waals surface area contributed by atoms with Gasteiger partial charge in [0, 0.05) is 25.2 Å². The fourth-order valence-corrected chi connectivity index (χ4v) is 1.68. The van der Waals surface area contributed by atoms with Crippen molar-refractivity contribution in [3.05, 3.63) is 18.7 Å². The number of amides is 2. The molecule has 100 valence electrons. The normalized spacial score (nSPS) is 12.1. The zero-order chi connectivity index (χ0) is 13.4. The van der Waals surface area contributed by atoms with Crippen molar-refractivity contribution in [3.8, 4) is 0 Å². The van der Waals surface area contributed by atoms with Crippen molar-refractivity contribution in [2.24, 2.45) is 5.73 Å². The molecule has 0 radical (unpaired) electrons. The van der Waals surface area contributed by atoms with Gasteiger partial charge in [-0.05, 0) is 19.3 Å². The second-order valence-electron chi connectivity index (χ2n) is 4.17. The number of hydrogen-bond donors (Lipinski definition) is 2. The quantitative estimate of drug-likeness (QED) is 0.675. The van der Waals surface area contributed by atoms with Crippen LogP contribution in [0.2, 0.25) is 0 Å². The Morgan fingerprint density at radius 2 is 2.11 bits per heavy atom. The van der Waals surface area contributed by atoms with Gasteiger partial charge >= 0.3 is 0 Å². The van der Waals surface area contributed by atoms with E-state index in [1.54, 1.807) is 12.5 Å². The summed E-state index contributed by atoms with van der Waals surface area (Å²) in [6.45, 7) is 2.00. The van der Waals surface area contributed by atoms with Crippen LogP contribution in [0.4, 0.5) is 0 Å². The lowest BCUT2D eigenvalue weighted by atomic mass is 10.2. The van der Waals surface area contributed by atoms with Crippen LogP contribution in [0.1, 0.15) is 45.2 Å². The molecule has 0 saturated carbocycles. The number of hydrogen-bond acceptors (Lipinski definition) is 3. The highest BCUT2D eigenvalue weighted by molar-refractivity contribution is 5.76. The van der Waals surface area contributed by atoms with E-state index in [0.717, 1.165) is 6.42 Å². The third-order valence-electron chi connectivity index (χ3n) is 2.68. The maximum absolute atomic E-state index is 11.7. The molecule has 0 bridgehead atoms. The van der Waals surface area contributed by atoms with Crippen LogP contribution in [-0.2, 0) is 9.59 Å². The number of nitrogens with zero attached hydrogens (tertiary/aromatic N) is 2. The van der Waals surface area contributed by atoms with E-state index in [0.29, 0.717) is 25.7 Å². The summed E-state index contributed by atoms with van der Waals surface area (Å²) in [6.07, 6.45) is 8.01. The summed E-state index contributed by atoms with van der Waals surface area (Å²) in [5, 5.41) is 2.93. The number of rotatable bonds is 8. The lowest BCUT2D eigenvalue weighted by Crippen LogP contribution is -2.31. The van der Waals surface area contributed by atoms with E-state index < -0.39 is 0 Å². The number of carbonyl (C=O) groups excluding carboxylic acids is 2. The molecule has 0 aliphatic rings. The number of aromatic nitrogens is 2. The number of imidazole rings is 1. The van der Waals surface area contributed by atoms with Crippen LogP contribution in [0.5, 0.6) is 0 Å². The number of primary amides is 1. The summed E-state index contributed by atoms with van der Waals surface area (Å²) in [4.78, 5) is 26.2. The van der Waals surface area contributed by atoms with Gasteiger partial charge in [-0.15, -0.1) is 0 Å². The minimum absolute atomic E-state index is 0.0139. The van der Waals surface area contributed by atoms with E-state index in [9.17, 15) is 9.59 Å². The van der Waals surface area contributed by atoms with Gasteiger partial charge in [0.05, 0.1) is 6.33 Å². The largest absolute Gasteiger partial charge is 0.370 e. The van der Waals surface area contributed by atoms with Gasteiger partial charge < -0.3 is 15.6 Å². The molecule has 0 aromatic carbocycles. The van der Waals surface area contributed by atoms with Crippen molar-refractivity contribution in [2.45, 2.75) is 45.2 Å². The van der Waals surface area contributed by atoms with Gasteiger partial charge in [0.2, 0.25) is 11.8 Å². The topological polar surface area (TPSA) is 90.0 Å². The summed E-state index contributed by atoms with van der Waals surface area (Å²) in [5.41, 5.74) is 5.03. The van der Waals surface area contributed by atoms with Crippen LogP contribution in [0.25, 0.3) is 0 Å². The predicted molar refractivity (Wildman–Crippen MR) is 67.4 cm³/mol. The molecule has 1 aromatic rings. The van der Waals surface area contributed by atoms with E-state index in [4.69, 9.17) is 5.73 Å². The van der Waals surface area contributed by atoms with Gasteiger partial charge in [-0.3, -0.25) is 9.59 Å². The molecule has 0 fully saturated rings. The first-order valence-electron chi connectivity index (χ1n) is 6.18. The average molecular weight is 252 g/mol.